The van der Waals surface area contributed by atoms with Crippen molar-refractivity contribution in [2.24, 2.45) is 0 Å². The van der Waals surface area contributed by atoms with Crippen LogP contribution in [0, 0.1) is 0 Å². The molecule has 0 aliphatic rings. The standard InChI is InChI=1S/C48H28O2/c1-2-12-32-27-33(26-23-29(32)11-1)30-21-24-31(25-22-30)44-35-14-3-5-16-37(35)45(38-17-6-4-15-36(38)44)47-46-39-18-8-10-20-42(39)49-43(46)28-40-34-13-7-9-19-41(34)50-48(40)47/h1-28H. The number of benzene rings is 9. The molecule has 2 heteroatoms. The maximum atomic E-state index is 6.82. The minimum Gasteiger partial charge on any atom is -0.456 e. The fraction of sp³-hybridized carbons (Fsp3) is 0. The lowest BCUT2D eigenvalue weighted by Crippen LogP contribution is -1.92. The first-order valence-electron chi connectivity index (χ1n) is 17.1. The quantitative estimate of drug-likeness (QED) is 0.180. The van der Waals surface area contributed by atoms with Crippen molar-refractivity contribution in [3.8, 4) is 33.4 Å². The number of furan rings is 2. The summed E-state index contributed by atoms with van der Waals surface area (Å²) in [6, 6.07) is 60.8. The lowest BCUT2D eigenvalue weighted by Gasteiger charge is -2.18. The third-order valence-corrected chi connectivity index (χ3v) is 10.4. The molecule has 232 valence electrons. The summed E-state index contributed by atoms with van der Waals surface area (Å²) < 4.78 is 13.4. The molecule has 0 spiro atoms. The molecule has 0 saturated heterocycles. The summed E-state index contributed by atoms with van der Waals surface area (Å²) in [5.41, 5.74) is 10.6. The monoisotopic (exact) mass is 636 g/mol. The lowest BCUT2D eigenvalue weighted by molar-refractivity contribution is 0.664. The molecule has 0 fully saturated rings. The van der Waals surface area contributed by atoms with Gasteiger partial charge in [-0.1, -0.05) is 146 Å². The number of hydrogen-bond acceptors (Lipinski definition) is 2. The predicted octanol–water partition coefficient (Wildman–Crippen LogP) is 13.9. The molecule has 2 nitrogen and oxygen atoms in total. The van der Waals surface area contributed by atoms with E-state index in [1.165, 1.54) is 54.6 Å². The van der Waals surface area contributed by atoms with Crippen molar-refractivity contribution in [3.05, 3.63) is 170 Å². The van der Waals surface area contributed by atoms with Crippen LogP contribution in [0.4, 0.5) is 0 Å². The summed E-state index contributed by atoms with van der Waals surface area (Å²) in [6.07, 6.45) is 0. The van der Waals surface area contributed by atoms with Gasteiger partial charge in [0, 0.05) is 32.7 Å². The first-order valence-corrected chi connectivity index (χ1v) is 17.1. The van der Waals surface area contributed by atoms with Gasteiger partial charge in [0.05, 0.1) is 0 Å². The second kappa shape index (κ2) is 10.4. The first-order chi connectivity index (χ1) is 24.8. The van der Waals surface area contributed by atoms with Crippen molar-refractivity contribution >= 4 is 76.2 Å². The zero-order valence-electron chi connectivity index (χ0n) is 27.0. The van der Waals surface area contributed by atoms with E-state index in [9.17, 15) is 0 Å². The maximum absolute atomic E-state index is 6.82. The fourth-order valence-corrected chi connectivity index (χ4v) is 8.21. The smallest absolute Gasteiger partial charge is 0.144 e. The van der Waals surface area contributed by atoms with Crippen LogP contribution in [-0.2, 0) is 0 Å². The molecule has 0 aliphatic heterocycles. The van der Waals surface area contributed by atoms with Gasteiger partial charge in [-0.2, -0.15) is 0 Å². The van der Waals surface area contributed by atoms with E-state index in [2.05, 4.69) is 158 Å². The molecule has 50 heavy (non-hydrogen) atoms. The van der Waals surface area contributed by atoms with Crippen LogP contribution in [0.5, 0.6) is 0 Å². The van der Waals surface area contributed by atoms with E-state index < -0.39 is 0 Å². The van der Waals surface area contributed by atoms with E-state index in [4.69, 9.17) is 8.83 Å². The highest BCUT2D eigenvalue weighted by molar-refractivity contribution is 6.31. The van der Waals surface area contributed by atoms with E-state index in [0.717, 1.165) is 55.0 Å². The lowest BCUT2D eigenvalue weighted by atomic mass is 9.84. The average molecular weight is 637 g/mol. The van der Waals surface area contributed by atoms with E-state index in [-0.39, 0.29) is 0 Å². The van der Waals surface area contributed by atoms with Gasteiger partial charge in [0.2, 0.25) is 0 Å². The molecule has 11 rings (SSSR count). The Kier molecular flexibility index (Phi) is 5.70. The highest BCUT2D eigenvalue weighted by Crippen LogP contribution is 2.50. The van der Waals surface area contributed by atoms with Gasteiger partial charge in [0.15, 0.2) is 0 Å². The SMILES string of the molecule is c1ccc2cc(-c3ccc(-c4c5ccccc5c(-c5c6oc7ccccc7c6cc6oc7ccccc7c56)c5ccccc45)cc3)ccc2c1. The van der Waals surface area contributed by atoms with Crippen LogP contribution in [0.15, 0.2) is 179 Å². The van der Waals surface area contributed by atoms with Crippen molar-refractivity contribution in [2.75, 3.05) is 0 Å². The Bertz CT molecular complexity index is 3080. The average Bonchev–Trinajstić information content (AvgIpc) is 3.74. The van der Waals surface area contributed by atoms with Gasteiger partial charge >= 0.3 is 0 Å². The fourth-order valence-electron chi connectivity index (χ4n) is 8.21. The normalized spacial score (nSPS) is 12.0. The van der Waals surface area contributed by atoms with Gasteiger partial charge in [-0.25, -0.2) is 0 Å². The van der Waals surface area contributed by atoms with Crippen LogP contribution in [0.2, 0.25) is 0 Å². The van der Waals surface area contributed by atoms with Gasteiger partial charge in [0.25, 0.3) is 0 Å². The number of para-hydroxylation sites is 2. The minimum absolute atomic E-state index is 0.863. The highest BCUT2D eigenvalue weighted by atomic mass is 16.3. The molecule has 2 aromatic heterocycles. The summed E-state index contributed by atoms with van der Waals surface area (Å²) in [4.78, 5) is 0. The van der Waals surface area contributed by atoms with Crippen LogP contribution >= 0.6 is 0 Å². The van der Waals surface area contributed by atoms with E-state index >= 15 is 0 Å². The van der Waals surface area contributed by atoms with Gasteiger partial charge in [-0.15, -0.1) is 0 Å². The molecule has 0 saturated carbocycles. The molecule has 0 aliphatic carbocycles. The molecular formula is C48H28O2. The zero-order valence-corrected chi connectivity index (χ0v) is 27.0. The Hall–Kier alpha value is -6.64. The highest BCUT2D eigenvalue weighted by Gasteiger charge is 2.25. The molecule has 0 radical (unpaired) electrons. The van der Waals surface area contributed by atoms with Crippen LogP contribution in [0.3, 0.4) is 0 Å². The second-order valence-corrected chi connectivity index (χ2v) is 13.2. The Morgan fingerprint density at radius 3 is 1.50 bits per heavy atom. The van der Waals surface area contributed by atoms with Gasteiger partial charge in [-0.3, -0.25) is 0 Å². The van der Waals surface area contributed by atoms with Gasteiger partial charge < -0.3 is 8.83 Å². The molecule has 2 heterocycles. The first kappa shape index (κ1) is 27.3. The molecule has 0 N–H and O–H groups in total. The van der Waals surface area contributed by atoms with E-state index in [1.54, 1.807) is 0 Å². The van der Waals surface area contributed by atoms with Crippen molar-refractivity contribution in [1.82, 2.24) is 0 Å². The molecule has 0 bridgehead atoms. The van der Waals surface area contributed by atoms with Crippen LogP contribution in [-0.4, -0.2) is 0 Å². The summed E-state index contributed by atoms with van der Waals surface area (Å²) in [5.74, 6) is 0. The molecule has 11 aromatic rings. The van der Waals surface area contributed by atoms with Crippen LogP contribution in [0.25, 0.3) is 110 Å². The summed E-state index contributed by atoms with van der Waals surface area (Å²) in [6.45, 7) is 0. The molecule has 0 atom stereocenters. The third-order valence-electron chi connectivity index (χ3n) is 10.4. The summed E-state index contributed by atoms with van der Waals surface area (Å²) in [7, 11) is 0. The molecule has 0 unspecified atom stereocenters. The largest absolute Gasteiger partial charge is 0.456 e. The van der Waals surface area contributed by atoms with Crippen LogP contribution < -0.4 is 0 Å². The number of hydrogen-bond donors (Lipinski definition) is 0. The molecular weight excluding hydrogens is 609 g/mol. The summed E-state index contributed by atoms with van der Waals surface area (Å²) in [5, 5.41) is 11.6. The van der Waals surface area contributed by atoms with Crippen LogP contribution in [0.1, 0.15) is 0 Å². The Morgan fingerprint density at radius 2 is 0.800 bits per heavy atom. The predicted molar refractivity (Wildman–Crippen MR) is 210 cm³/mol. The van der Waals surface area contributed by atoms with Crippen molar-refractivity contribution in [1.29, 1.82) is 0 Å². The number of rotatable bonds is 3. The zero-order chi connectivity index (χ0) is 32.8. The Morgan fingerprint density at radius 1 is 0.280 bits per heavy atom. The topological polar surface area (TPSA) is 26.3 Å². The van der Waals surface area contributed by atoms with Gasteiger partial charge in [0.1, 0.15) is 22.3 Å². The Labute approximate surface area is 287 Å². The summed E-state index contributed by atoms with van der Waals surface area (Å²) >= 11 is 0. The van der Waals surface area contributed by atoms with Gasteiger partial charge in [-0.05, 0) is 78.8 Å². The number of fused-ring (bicyclic) bond motifs is 9. The minimum atomic E-state index is 0.863. The van der Waals surface area contributed by atoms with E-state index in [1.807, 2.05) is 12.1 Å². The van der Waals surface area contributed by atoms with Crippen molar-refractivity contribution in [2.45, 2.75) is 0 Å². The molecule has 9 aromatic carbocycles. The van der Waals surface area contributed by atoms with Crippen molar-refractivity contribution in [3.63, 3.8) is 0 Å². The third kappa shape index (κ3) is 3.90. The van der Waals surface area contributed by atoms with Crippen molar-refractivity contribution < 1.29 is 8.83 Å². The second-order valence-electron chi connectivity index (χ2n) is 13.2. The Balaban J connectivity index is 1.22. The molecule has 0 amide bonds. The van der Waals surface area contributed by atoms with E-state index in [0.29, 0.717) is 0 Å². The maximum Gasteiger partial charge on any atom is 0.144 e.